The van der Waals surface area contributed by atoms with Crippen molar-refractivity contribution in [2.75, 3.05) is 11.9 Å². The van der Waals surface area contributed by atoms with Crippen LogP contribution in [0.5, 0.6) is 0 Å². The van der Waals surface area contributed by atoms with E-state index in [4.69, 9.17) is 0 Å². The van der Waals surface area contributed by atoms with Gasteiger partial charge < -0.3 is 15.2 Å². The fraction of sp³-hybridized carbons (Fsp3) is 0.120. The molecular weight excluding hydrogens is 444 g/mol. The van der Waals surface area contributed by atoms with E-state index in [1.807, 2.05) is 41.1 Å². The third-order valence-electron chi connectivity index (χ3n) is 5.55. The summed E-state index contributed by atoms with van der Waals surface area (Å²) in [6.07, 6.45) is 10.1. The number of pyridine rings is 1. The van der Waals surface area contributed by atoms with Gasteiger partial charge >= 0.3 is 0 Å². The molecule has 0 unspecified atom stereocenters. The molecular formula is C25H22N8O2. The number of nitrogens with one attached hydrogen (secondary N) is 2. The maximum atomic E-state index is 13.3. The molecule has 2 aromatic carbocycles. The smallest absolute Gasteiger partial charge is 0.272 e. The monoisotopic (exact) mass is 466 g/mol. The van der Waals surface area contributed by atoms with E-state index < -0.39 is 0 Å². The van der Waals surface area contributed by atoms with Gasteiger partial charge in [-0.2, -0.15) is 0 Å². The second kappa shape index (κ2) is 9.96. The van der Waals surface area contributed by atoms with Crippen molar-refractivity contribution in [2.45, 2.75) is 13.1 Å². The molecule has 0 aliphatic heterocycles. The van der Waals surface area contributed by atoms with Gasteiger partial charge in [-0.1, -0.05) is 35.5 Å². The van der Waals surface area contributed by atoms with E-state index in [1.54, 1.807) is 47.8 Å². The van der Waals surface area contributed by atoms with Crippen LogP contribution in [0.4, 0.5) is 5.69 Å². The Labute approximate surface area is 200 Å². The maximum absolute atomic E-state index is 13.3. The topological polar surface area (TPSA) is 120 Å². The van der Waals surface area contributed by atoms with Crippen LogP contribution in [-0.2, 0) is 13.1 Å². The molecule has 0 radical (unpaired) electrons. The highest BCUT2D eigenvalue weighted by molar-refractivity contribution is 6.15. The van der Waals surface area contributed by atoms with Gasteiger partial charge in [-0.25, -0.2) is 14.6 Å². The standard InChI is InChI=1S/C25H22N8O2/c34-24(21-8-7-18(16-33-15-12-29-31-33)19-4-1-2-5-20(19)21)30-22-6-3-9-27-23(22)25(35)28-11-14-32-13-10-26-17-32/h1-10,12-13,15,17H,11,14,16H2,(H,28,35)(H,30,34). The normalized spacial score (nSPS) is 10.9. The predicted octanol–water partition coefficient (Wildman–Crippen LogP) is 2.75. The van der Waals surface area contributed by atoms with Crippen LogP contribution in [0.3, 0.4) is 0 Å². The lowest BCUT2D eigenvalue weighted by atomic mass is 9.99. The number of fused-ring (bicyclic) bond motifs is 1. The number of hydrogen-bond acceptors (Lipinski definition) is 6. The molecule has 2 amide bonds. The first-order chi connectivity index (χ1) is 17.2. The Hall–Kier alpha value is -4.86. The number of anilines is 1. The number of nitrogens with zero attached hydrogens (tertiary/aromatic N) is 6. The molecule has 0 saturated carbocycles. The molecule has 5 rings (SSSR count). The summed E-state index contributed by atoms with van der Waals surface area (Å²) in [4.78, 5) is 34.2. The van der Waals surface area contributed by atoms with Gasteiger partial charge in [0.2, 0.25) is 0 Å². The minimum atomic E-state index is -0.367. The lowest BCUT2D eigenvalue weighted by molar-refractivity contribution is 0.0948. The predicted molar refractivity (Wildman–Crippen MR) is 130 cm³/mol. The molecule has 5 aromatic rings. The minimum Gasteiger partial charge on any atom is -0.349 e. The van der Waals surface area contributed by atoms with Crippen molar-refractivity contribution in [3.63, 3.8) is 0 Å². The molecule has 35 heavy (non-hydrogen) atoms. The molecule has 0 aliphatic carbocycles. The summed E-state index contributed by atoms with van der Waals surface area (Å²) in [7, 11) is 0. The largest absolute Gasteiger partial charge is 0.349 e. The third kappa shape index (κ3) is 4.91. The highest BCUT2D eigenvalue weighted by Crippen LogP contribution is 2.25. The number of benzene rings is 2. The number of imidazole rings is 1. The third-order valence-corrected chi connectivity index (χ3v) is 5.55. The van der Waals surface area contributed by atoms with E-state index in [1.165, 1.54) is 6.20 Å². The van der Waals surface area contributed by atoms with Gasteiger partial charge in [0.25, 0.3) is 11.8 Å². The zero-order valence-electron chi connectivity index (χ0n) is 18.7. The molecule has 10 heteroatoms. The quantitative estimate of drug-likeness (QED) is 0.363. The zero-order valence-corrected chi connectivity index (χ0v) is 18.7. The van der Waals surface area contributed by atoms with E-state index in [0.29, 0.717) is 30.9 Å². The van der Waals surface area contributed by atoms with E-state index in [2.05, 4.69) is 30.9 Å². The van der Waals surface area contributed by atoms with Crippen molar-refractivity contribution in [2.24, 2.45) is 0 Å². The molecule has 0 aliphatic rings. The molecule has 2 N–H and O–H groups in total. The molecule has 174 valence electrons. The van der Waals surface area contributed by atoms with E-state index >= 15 is 0 Å². The first-order valence-corrected chi connectivity index (χ1v) is 11.0. The summed E-state index contributed by atoms with van der Waals surface area (Å²) in [5, 5.41) is 15.3. The highest BCUT2D eigenvalue weighted by atomic mass is 16.2. The second-order valence-electron chi connectivity index (χ2n) is 7.83. The summed E-state index contributed by atoms with van der Waals surface area (Å²) >= 11 is 0. The van der Waals surface area contributed by atoms with Gasteiger partial charge in [-0.3, -0.25) is 9.59 Å². The Kier molecular flexibility index (Phi) is 6.25. The fourth-order valence-corrected chi connectivity index (χ4v) is 3.87. The summed E-state index contributed by atoms with van der Waals surface area (Å²) in [6.45, 7) is 1.51. The van der Waals surface area contributed by atoms with Gasteiger partial charge in [-0.05, 0) is 34.5 Å². The lowest BCUT2D eigenvalue weighted by Gasteiger charge is -2.13. The van der Waals surface area contributed by atoms with Crippen LogP contribution >= 0.6 is 0 Å². The van der Waals surface area contributed by atoms with Gasteiger partial charge in [0.15, 0.2) is 5.69 Å². The number of carbonyl (C=O) groups is 2. The van der Waals surface area contributed by atoms with Crippen molar-refractivity contribution >= 4 is 28.3 Å². The molecule has 0 saturated heterocycles. The first kappa shape index (κ1) is 22.0. The lowest BCUT2D eigenvalue weighted by Crippen LogP contribution is -2.29. The minimum absolute atomic E-state index is 0.151. The van der Waals surface area contributed by atoms with Crippen LogP contribution in [0.15, 0.2) is 85.8 Å². The fourth-order valence-electron chi connectivity index (χ4n) is 3.87. The van der Waals surface area contributed by atoms with Crippen molar-refractivity contribution in [1.29, 1.82) is 0 Å². The van der Waals surface area contributed by atoms with Crippen LogP contribution in [0.25, 0.3) is 10.8 Å². The Morgan fingerprint density at radius 2 is 1.77 bits per heavy atom. The average Bonchev–Trinajstić information content (AvgIpc) is 3.59. The van der Waals surface area contributed by atoms with Gasteiger partial charge in [-0.15, -0.1) is 5.10 Å². The Morgan fingerprint density at radius 1 is 0.886 bits per heavy atom. The Bertz CT molecular complexity index is 1460. The van der Waals surface area contributed by atoms with Crippen LogP contribution < -0.4 is 10.6 Å². The molecule has 10 nitrogen and oxygen atoms in total. The summed E-state index contributed by atoms with van der Waals surface area (Å²) in [6, 6.07) is 14.7. The molecule has 0 fully saturated rings. The van der Waals surface area contributed by atoms with E-state index in [0.717, 1.165) is 16.3 Å². The van der Waals surface area contributed by atoms with Crippen molar-refractivity contribution < 1.29 is 9.59 Å². The number of hydrogen-bond donors (Lipinski definition) is 2. The van der Waals surface area contributed by atoms with Crippen LogP contribution in [0.2, 0.25) is 0 Å². The number of aromatic nitrogens is 6. The summed E-state index contributed by atoms with van der Waals surface area (Å²) in [5.74, 6) is -0.692. The Morgan fingerprint density at radius 3 is 2.57 bits per heavy atom. The molecule has 3 heterocycles. The average molecular weight is 467 g/mol. The van der Waals surface area contributed by atoms with E-state index in [-0.39, 0.29) is 17.5 Å². The molecule has 0 atom stereocenters. The summed E-state index contributed by atoms with van der Waals surface area (Å²) in [5.41, 5.74) is 2.01. The second-order valence-corrected chi connectivity index (χ2v) is 7.83. The van der Waals surface area contributed by atoms with Crippen LogP contribution in [0, 0.1) is 0 Å². The maximum Gasteiger partial charge on any atom is 0.272 e. The first-order valence-electron chi connectivity index (χ1n) is 11.0. The van der Waals surface area contributed by atoms with E-state index in [9.17, 15) is 9.59 Å². The number of amides is 2. The van der Waals surface area contributed by atoms with Crippen molar-refractivity contribution in [3.8, 4) is 0 Å². The van der Waals surface area contributed by atoms with Gasteiger partial charge in [0.1, 0.15) is 0 Å². The van der Waals surface area contributed by atoms with Crippen molar-refractivity contribution in [3.05, 3.63) is 103 Å². The van der Waals surface area contributed by atoms with Crippen molar-refractivity contribution in [1.82, 2.24) is 34.8 Å². The Balaban J connectivity index is 1.35. The van der Waals surface area contributed by atoms with Crippen LogP contribution in [0.1, 0.15) is 26.4 Å². The highest BCUT2D eigenvalue weighted by Gasteiger charge is 2.18. The molecule has 0 bridgehead atoms. The van der Waals surface area contributed by atoms with Gasteiger partial charge in [0, 0.05) is 43.4 Å². The number of rotatable bonds is 8. The molecule has 0 spiro atoms. The van der Waals surface area contributed by atoms with Crippen LogP contribution in [-0.4, -0.2) is 47.9 Å². The number of carbonyl (C=O) groups excluding carboxylic acids is 2. The summed E-state index contributed by atoms with van der Waals surface area (Å²) < 4.78 is 3.59. The zero-order chi connectivity index (χ0) is 24.0. The molecule has 3 aromatic heterocycles. The SMILES string of the molecule is O=C(NCCn1ccnc1)c1ncccc1NC(=O)c1ccc(Cn2ccnn2)c2ccccc12. The van der Waals surface area contributed by atoms with Gasteiger partial charge in [0.05, 0.1) is 24.8 Å².